The molecule has 0 radical (unpaired) electrons. The maximum Gasteiger partial charge on any atom is 0.183 e. The van der Waals surface area contributed by atoms with Crippen LogP contribution in [-0.4, -0.2) is 11.5 Å². The number of thiazole rings is 1. The standard InChI is InChI=1S/C13H14ClFN2S/c1-8(2)6-16-13-17-7-12(18-13)9-3-4-11(15)10(14)5-9/h3-5,7-8H,6H2,1-2H3,(H,16,17). The number of nitrogens with zero attached hydrogens (tertiary/aromatic N) is 1. The van der Waals surface area contributed by atoms with Crippen molar-refractivity contribution >= 4 is 28.1 Å². The van der Waals surface area contributed by atoms with Crippen LogP contribution in [0.15, 0.2) is 24.4 Å². The van der Waals surface area contributed by atoms with Gasteiger partial charge in [0.15, 0.2) is 5.13 Å². The Hall–Kier alpha value is -1.13. The van der Waals surface area contributed by atoms with Crippen LogP contribution >= 0.6 is 22.9 Å². The van der Waals surface area contributed by atoms with E-state index in [-0.39, 0.29) is 5.02 Å². The van der Waals surface area contributed by atoms with Gasteiger partial charge in [0.05, 0.1) is 9.90 Å². The first-order chi connectivity index (χ1) is 8.56. The number of aromatic nitrogens is 1. The van der Waals surface area contributed by atoms with E-state index in [1.54, 1.807) is 18.3 Å². The predicted octanol–water partition coefficient (Wildman–Crippen LogP) is 4.67. The molecule has 1 aromatic heterocycles. The lowest BCUT2D eigenvalue weighted by molar-refractivity contribution is 0.628. The van der Waals surface area contributed by atoms with Gasteiger partial charge in [0.2, 0.25) is 0 Å². The predicted molar refractivity (Wildman–Crippen MR) is 75.8 cm³/mol. The number of nitrogens with one attached hydrogen (secondary N) is 1. The second-order valence-corrected chi connectivity index (χ2v) is 5.87. The van der Waals surface area contributed by atoms with Gasteiger partial charge in [-0.05, 0) is 23.6 Å². The van der Waals surface area contributed by atoms with Crippen molar-refractivity contribution in [3.8, 4) is 10.4 Å². The molecule has 0 saturated carbocycles. The summed E-state index contributed by atoms with van der Waals surface area (Å²) in [5.74, 6) is 0.167. The van der Waals surface area contributed by atoms with Gasteiger partial charge >= 0.3 is 0 Å². The smallest absolute Gasteiger partial charge is 0.183 e. The molecule has 5 heteroatoms. The van der Waals surface area contributed by atoms with Crippen molar-refractivity contribution < 1.29 is 4.39 Å². The molecule has 1 N–H and O–H groups in total. The van der Waals surface area contributed by atoms with Crippen molar-refractivity contribution in [1.82, 2.24) is 4.98 Å². The highest BCUT2D eigenvalue weighted by Crippen LogP contribution is 2.31. The van der Waals surface area contributed by atoms with Crippen LogP contribution < -0.4 is 5.32 Å². The van der Waals surface area contributed by atoms with E-state index in [0.29, 0.717) is 5.92 Å². The molecule has 0 aliphatic heterocycles. The average Bonchev–Trinajstić information content (AvgIpc) is 2.79. The monoisotopic (exact) mass is 284 g/mol. The van der Waals surface area contributed by atoms with Gasteiger partial charge in [-0.25, -0.2) is 9.37 Å². The molecule has 18 heavy (non-hydrogen) atoms. The highest BCUT2D eigenvalue weighted by molar-refractivity contribution is 7.18. The summed E-state index contributed by atoms with van der Waals surface area (Å²) in [7, 11) is 0. The quantitative estimate of drug-likeness (QED) is 0.882. The fourth-order valence-corrected chi connectivity index (χ4v) is 2.43. The topological polar surface area (TPSA) is 24.9 Å². The fraction of sp³-hybridized carbons (Fsp3) is 0.308. The maximum absolute atomic E-state index is 13.1. The summed E-state index contributed by atoms with van der Waals surface area (Å²) in [6.45, 7) is 5.17. The summed E-state index contributed by atoms with van der Waals surface area (Å²) in [4.78, 5) is 5.26. The Morgan fingerprint density at radius 3 is 2.89 bits per heavy atom. The van der Waals surface area contributed by atoms with E-state index in [4.69, 9.17) is 11.6 Å². The molecule has 0 fully saturated rings. The van der Waals surface area contributed by atoms with E-state index in [2.05, 4.69) is 24.1 Å². The van der Waals surface area contributed by atoms with Gasteiger partial charge < -0.3 is 5.32 Å². The summed E-state index contributed by atoms with van der Waals surface area (Å²) in [5, 5.41) is 4.27. The molecule has 0 aliphatic rings. The highest BCUT2D eigenvalue weighted by Gasteiger charge is 2.07. The minimum Gasteiger partial charge on any atom is -0.361 e. The third-order valence-corrected chi connectivity index (χ3v) is 3.67. The van der Waals surface area contributed by atoms with Crippen molar-refractivity contribution in [3.05, 3.63) is 35.2 Å². The van der Waals surface area contributed by atoms with Gasteiger partial charge in [0.1, 0.15) is 5.82 Å². The summed E-state index contributed by atoms with van der Waals surface area (Å²) >= 11 is 7.31. The lowest BCUT2D eigenvalue weighted by Gasteiger charge is -2.04. The molecule has 0 amide bonds. The molecule has 0 aliphatic carbocycles. The SMILES string of the molecule is CC(C)CNc1ncc(-c2ccc(F)c(Cl)c2)s1. The Kier molecular flexibility index (Phi) is 4.19. The molecule has 1 aromatic carbocycles. The molecule has 96 valence electrons. The summed E-state index contributed by atoms with van der Waals surface area (Å²) in [6.07, 6.45) is 1.77. The zero-order valence-electron chi connectivity index (χ0n) is 10.2. The number of anilines is 1. The van der Waals surface area contributed by atoms with Crippen LogP contribution in [0.1, 0.15) is 13.8 Å². The molecule has 2 aromatic rings. The van der Waals surface area contributed by atoms with Crippen molar-refractivity contribution in [2.24, 2.45) is 5.92 Å². The molecule has 0 atom stereocenters. The normalized spacial score (nSPS) is 10.9. The van der Waals surface area contributed by atoms with Gasteiger partial charge in [0.25, 0.3) is 0 Å². The second-order valence-electron chi connectivity index (χ2n) is 4.43. The fourth-order valence-electron chi connectivity index (χ4n) is 1.43. The Morgan fingerprint density at radius 1 is 1.44 bits per heavy atom. The van der Waals surface area contributed by atoms with Gasteiger partial charge in [-0.2, -0.15) is 0 Å². The summed E-state index contributed by atoms with van der Waals surface area (Å²) < 4.78 is 13.1. The van der Waals surface area contributed by atoms with E-state index in [1.165, 1.54) is 17.4 Å². The van der Waals surface area contributed by atoms with E-state index >= 15 is 0 Å². The summed E-state index contributed by atoms with van der Waals surface area (Å²) in [6, 6.07) is 4.70. The van der Waals surface area contributed by atoms with E-state index < -0.39 is 5.82 Å². The molecule has 1 heterocycles. The van der Waals surface area contributed by atoms with Crippen molar-refractivity contribution in [2.75, 3.05) is 11.9 Å². The average molecular weight is 285 g/mol. The Balaban J connectivity index is 2.16. The highest BCUT2D eigenvalue weighted by atomic mass is 35.5. The molecule has 0 unspecified atom stereocenters. The van der Waals surface area contributed by atoms with Crippen LogP contribution in [0.3, 0.4) is 0 Å². The number of hydrogen-bond acceptors (Lipinski definition) is 3. The third kappa shape index (κ3) is 3.21. The van der Waals surface area contributed by atoms with E-state index in [0.717, 1.165) is 22.1 Å². The maximum atomic E-state index is 13.1. The third-order valence-electron chi connectivity index (χ3n) is 2.37. The first kappa shape index (κ1) is 13.3. The van der Waals surface area contributed by atoms with Crippen molar-refractivity contribution in [1.29, 1.82) is 0 Å². The molecule has 2 rings (SSSR count). The largest absolute Gasteiger partial charge is 0.361 e. The second kappa shape index (κ2) is 5.67. The Bertz CT molecular complexity index is 540. The van der Waals surface area contributed by atoms with E-state index in [1.807, 2.05) is 0 Å². The van der Waals surface area contributed by atoms with Crippen LogP contribution in [0.2, 0.25) is 5.02 Å². The zero-order chi connectivity index (χ0) is 13.1. The van der Waals surface area contributed by atoms with Gasteiger partial charge in [-0.1, -0.05) is 42.9 Å². The first-order valence-corrected chi connectivity index (χ1v) is 6.91. The molecule has 0 saturated heterocycles. The lowest BCUT2D eigenvalue weighted by Crippen LogP contribution is -2.07. The molecular formula is C13H14ClFN2S. The van der Waals surface area contributed by atoms with Crippen LogP contribution in [0.5, 0.6) is 0 Å². The van der Waals surface area contributed by atoms with Crippen LogP contribution in [0.25, 0.3) is 10.4 Å². The minimum atomic E-state index is -0.400. The number of halogens is 2. The Labute approximate surface area is 115 Å². The Morgan fingerprint density at radius 2 is 2.22 bits per heavy atom. The molecule has 0 bridgehead atoms. The lowest BCUT2D eigenvalue weighted by atomic mass is 10.2. The molecule has 0 spiro atoms. The molecular weight excluding hydrogens is 271 g/mol. The number of benzene rings is 1. The van der Waals surface area contributed by atoms with Gasteiger partial charge in [0, 0.05) is 12.7 Å². The number of rotatable bonds is 4. The first-order valence-electron chi connectivity index (χ1n) is 5.71. The number of hydrogen-bond donors (Lipinski definition) is 1. The summed E-state index contributed by atoms with van der Waals surface area (Å²) in [5.41, 5.74) is 0.886. The van der Waals surface area contributed by atoms with Crippen LogP contribution in [-0.2, 0) is 0 Å². The minimum absolute atomic E-state index is 0.137. The van der Waals surface area contributed by atoms with Gasteiger partial charge in [-0.3, -0.25) is 0 Å². The van der Waals surface area contributed by atoms with Crippen LogP contribution in [0.4, 0.5) is 9.52 Å². The van der Waals surface area contributed by atoms with Crippen LogP contribution in [0, 0.1) is 11.7 Å². The molecule has 2 nitrogen and oxygen atoms in total. The van der Waals surface area contributed by atoms with Crippen molar-refractivity contribution in [3.63, 3.8) is 0 Å². The zero-order valence-corrected chi connectivity index (χ0v) is 11.8. The van der Waals surface area contributed by atoms with E-state index in [9.17, 15) is 4.39 Å². The van der Waals surface area contributed by atoms with Crippen molar-refractivity contribution in [2.45, 2.75) is 13.8 Å². The van der Waals surface area contributed by atoms with Gasteiger partial charge in [-0.15, -0.1) is 0 Å².